The Balaban J connectivity index is 0.00000280. The van der Waals surface area contributed by atoms with Crippen molar-refractivity contribution in [1.29, 1.82) is 0 Å². The molecule has 28 heavy (non-hydrogen) atoms. The number of hydrogen-bond acceptors (Lipinski definition) is 3. The van der Waals surface area contributed by atoms with Crippen molar-refractivity contribution in [3.63, 3.8) is 0 Å². The van der Waals surface area contributed by atoms with Gasteiger partial charge in [-0.25, -0.2) is 0 Å². The lowest BCUT2D eigenvalue weighted by Gasteiger charge is -2.30. The molecule has 0 aliphatic carbocycles. The van der Waals surface area contributed by atoms with E-state index in [2.05, 4.69) is 15.5 Å². The molecule has 0 spiro atoms. The molecule has 2 aromatic carbocycles. The van der Waals surface area contributed by atoms with Gasteiger partial charge in [0, 0.05) is 30.9 Å². The zero-order chi connectivity index (χ0) is 18.9. The Hall–Kier alpha value is -2.29. The quantitative estimate of drug-likeness (QED) is 0.257. The smallest absolute Gasteiger partial charge is 0.251 e. The Morgan fingerprint density at radius 2 is 1.68 bits per heavy atom. The molecule has 150 valence electrons. The van der Waals surface area contributed by atoms with Crippen LogP contribution in [0.4, 0.5) is 5.69 Å². The minimum atomic E-state index is -0.166. The summed E-state index contributed by atoms with van der Waals surface area (Å²) in [4.78, 5) is 19.1. The lowest BCUT2D eigenvalue weighted by atomic mass is 10.1. The number of rotatable bonds is 5. The number of likely N-dealkylation sites (tertiary alicyclic amines) is 1. The van der Waals surface area contributed by atoms with Gasteiger partial charge in [-0.15, -0.1) is 24.0 Å². The van der Waals surface area contributed by atoms with Crippen LogP contribution in [0.15, 0.2) is 59.6 Å². The second-order valence-electron chi connectivity index (χ2n) is 6.55. The average Bonchev–Trinajstić information content (AvgIpc) is 2.72. The van der Waals surface area contributed by atoms with Crippen LogP contribution in [0.5, 0.6) is 5.75 Å². The summed E-state index contributed by atoms with van der Waals surface area (Å²) in [6, 6.07) is 16.2. The van der Waals surface area contributed by atoms with Gasteiger partial charge >= 0.3 is 0 Å². The third-order valence-corrected chi connectivity index (χ3v) is 4.47. The fraction of sp³-hybridized carbons (Fsp3) is 0.333. The highest BCUT2D eigenvalue weighted by atomic mass is 127. The molecule has 0 atom stereocenters. The van der Waals surface area contributed by atoms with Gasteiger partial charge in [-0.05, 0) is 55.7 Å². The number of carbonyl (C=O) groups is 1. The maximum atomic E-state index is 12.1. The Labute approximate surface area is 183 Å². The van der Waals surface area contributed by atoms with Crippen LogP contribution >= 0.6 is 24.0 Å². The van der Waals surface area contributed by atoms with Gasteiger partial charge in [0.25, 0.3) is 5.91 Å². The first-order chi connectivity index (χ1) is 13.2. The third kappa shape index (κ3) is 6.70. The number of guanidine groups is 1. The number of hydrogen-bond donors (Lipinski definition) is 3. The summed E-state index contributed by atoms with van der Waals surface area (Å²) >= 11 is 0. The van der Waals surface area contributed by atoms with E-state index < -0.39 is 0 Å². The molecule has 1 aliphatic rings. The number of para-hydroxylation sites is 1. The topological polar surface area (TPSA) is 77.0 Å². The number of benzene rings is 2. The van der Waals surface area contributed by atoms with Crippen molar-refractivity contribution in [1.82, 2.24) is 10.2 Å². The van der Waals surface area contributed by atoms with Crippen LogP contribution in [-0.2, 0) is 0 Å². The zero-order valence-corrected chi connectivity index (χ0v) is 18.1. The summed E-state index contributed by atoms with van der Waals surface area (Å²) in [7, 11) is 0. The number of nitrogens with zero attached hydrogens (tertiary/aromatic N) is 2. The van der Waals surface area contributed by atoms with Crippen LogP contribution in [-0.4, -0.2) is 48.1 Å². The maximum absolute atomic E-state index is 12.1. The van der Waals surface area contributed by atoms with Gasteiger partial charge in [0.15, 0.2) is 5.96 Å². The molecule has 0 radical (unpaired) electrons. The number of carbonyl (C=O) groups excluding carboxylic acids is 1. The summed E-state index contributed by atoms with van der Waals surface area (Å²) < 4.78 is 0. The Bertz CT molecular complexity index is 760. The van der Waals surface area contributed by atoms with E-state index in [1.807, 2.05) is 30.3 Å². The number of aliphatic imine (C=N–C) groups is 1. The maximum Gasteiger partial charge on any atom is 0.251 e. The van der Waals surface area contributed by atoms with Crippen LogP contribution in [0.2, 0.25) is 0 Å². The first kappa shape index (κ1) is 22.0. The van der Waals surface area contributed by atoms with E-state index in [1.165, 1.54) is 31.4 Å². The van der Waals surface area contributed by atoms with E-state index >= 15 is 0 Å². The van der Waals surface area contributed by atoms with Gasteiger partial charge in [0.2, 0.25) is 0 Å². The lowest BCUT2D eigenvalue weighted by molar-refractivity contribution is 0.0955. The number of phenolic OH excluding ortho intramolecular Hbond substituents is 1. The molecule has 1 fully saturated rings. The standard InChI is InChI=1S/C21H26N4O2.HI/c26-19-11-9-17(10-12-19)20(27)22-13-14-23-21(25-15-5-2-6-16-25)24-18-7-3-1-4-8-18;/h1,3-4,7-12,26H,2,5-6,13-16H2,(H,22,27)(H,23,24);1H. The Morgan fingerprint density at radius 1 is 1.00 bits per heavy atom. The predicted octanol–water partition coefficient (Wildman–Crippen LogP) is 3.69. The molecule has 6 nitrogen and oxygen atoms in total. The SMILES string of the molecule is I.O=C(NCCN=C(Nc1ccccc1)N1CCCCC1)c1ccc(O)cc1. The van der Waals surface area contributed by atoms with Crippen LogP contribution in [0.3, 0.4) is 0 Å². The van der Waals surface area contributed by atoms with E-state index in [9.17, 15) is 9.90 Å². The second-order valence-corrected chi connectivity index (χ2v) is 6.55. The molecule has 2 aromatic rings. The fourth-order valence-electron chi connectivity index (χ4n) is 3.02. The summed E-state index contributed by atoms with van der Waals surface area (Å²) in [5.74, 6) is 0.842. The molecule has 1 amide bonds. The zero-order valence-electron chi connectivity index (χ0n) is 15.8. The molecule has 0 saturated carbocycles. The molecular formula is C21H27IN4O2. The highest BCUT2D eigenvalue weighted by Gasteiger charge is 2.15. The summed E-state index contributed by atoms with van der Waals surface area (Å²) in [6.07, 6.45) is 3.61. The van der Waals surface area contributed by atoms with Crippen molar-refractivity contribution in [2.24, 2.45) is 4.99 Å². The number of piperidine rings is 1. The molecule has 0 aromatic heterocycles. The van der Waals surface area contributed by atoms with Crippen molar-refractivity contribution >= 4 is 41.5 Å². The third-order valence-electron chi connectivity index (χ3n) is 4.47. The molecule has 3 rings (SSSR count). The van der Waals surface area contributed by atoms with Crippen molar-refractivity contribution < 1.29 is 9.90 Å². The van der Waals surface area contributed by atoms with E-state index in [4.69, 9.17) is 4.99 Å². The van der Waals surface area contributed by atoms with Crippen molar-refractivity contribution in [2.75, 3.05) is 31.5 Å². The number of anilines is 1. The van der Waals surface area contributed by atoms with Gasteiger partial charge in [-0.2, -0.15) is 0 Å². The largest absolute Gasteiger partial charge is 0.508 e. The van der Waals surface area contributed by atoms with Gasteiger partial charge in [0.05, 0.1) is 6.54 Å². The lowest BCUT2D eigenvalue weighted by Crippen LogP contribution is -2.40. The van der Waals surface area contributed by atoms with Gasteiger partial charge < -0.3 is 20.6 Å². The summed E-state index contributed by atoms with van der Waals surface area (Å²) in [5.41, 5.74) is 1.53. The van der Waals surface area contributed by atoms with E-state index in [0.29, 0.717) is 18.7 Å². The Morgan fingerprint density at radius 3 is 2.36 bits per heavy atom. The minimum Gasteiger partial charge on any atom is -0.508 e. The average molecular weight is 494 g/mol. The number of aromatic hydroxyl groups is 1. The molecule has 1 saturated heterocycles. The Kier molecular flexibility index (Phi) is 9.06. The van der Waals surface area contributed by atoms with Gasteiger partial charge in [0.1, 0.15) is 5.75 Å². The van der Waals surface area contributed by atoms with Gasteiger partial charge in [-0.1, -0.05) is 18.2 Å². The normalized spacial score (nSPS) is 14.1. The second kappa shape index (κ2) is 11.5. The van der Waals surface area contributed by atoms with Crippen LogP contribution in [0, 0.1) is 0 Å². The van der Waals surface area contributed by atoms with E-state index in [1.54, 1.807) is 12.1 Å². The number of amides is 1. The molecule has 0 bridgehead atoms. The molecule has 0 unspecified atom stereocenters. The highest BCUT2D eigenvalue weighted by Crippen LogP contribution is 2.13. The highest BCUT2D eigenvalue weighted by molar-refractivity contribution is 14.0. The van der Waals surface area contributed by atoms with Crippen molar-refractivity contribution in [3.8, 4) is 5.75 Å². The summed E-state index contributed by atoms with van der Waals surface area (Å²) in [6.45, 7) is 2.94. The van der Waals surface area contributed by atoms with Crippen LogP contribution < -0.4 is 10.6 Å². The molecular weight excluding hydrogens is 467 g/mol. The number of nitrogens with one attached hydrogen (secondary N) is 2. The van der Waals surface area contributed by atoms with E-state index in [0.717, 1.165) is 24.7 Å². The first-order valence-electron chi connectivity index (χ1n) is 9.41. The van der Waals surface area contributed by atoms with Crippen LogP contribution in [0.25, 0.3) is 0 Å². The molecule has 3 N–H and O–H groups in total. The van der Waals surface area contributed by atoms with Crippen molar-refractivity contribution in [2.45, 2.75) is 19.3 Å². The fourth-order valence-corrected chi connectivity index (χ4v) is 3.02. The van der Waals surface area contributed by atoms with Crippen molar-refractivity contribution in [3.05, 3.63) is 60.2 Å². The van der Waals surface area contributed by atoms with Gasteiger partial charge in [-0.3, -0.25) is 9.79 Å². The number of halogens is 1. The van der Waals surface area contributed by atoms with E-state index in [-0.39, 0.29) is 35.6 Å². The monoisotopic (exact) mass is 494 g/mol. The molecule has 1 aliphatic heterocycles. The van der Waals surface area contributed by atoms with Crippen LogP contribution in [0.1, 0.15) is 29.6 Å². The molecule has 1 heterocycles. The molecule has 7 heteroatoms. The minimum absolute atomic E-state index is 0. The first-order valence-corrected chi connectivity index (χ1v) is 9.41. The summed E-state index contributed by atoms with van der Waals surface area (Å²) in [5, 5.41) is 15.6. The number of phenols is 1. The predicted molar refractivity (Wildman–Crippen MR) is 124 cm³/mol.